The van der Waals surface area contributed by atoms with Crippen LogP contribution in [0.4, 0.5) is 0 Å². The SMILES string of the molecule is COc1ccc(Br)cc1[C@H]1C(C(=O)OC(C)C)=C(C)N=c2s/c(=C\c3c(OCc4ccc(Br)cc4)ccc4ccccc34)c(=O)n21. The number of benzene rings is 4. The summed E-state index contributed by atoms with van der Waals surface area (Å²) in [5.41, 5.74) is 2.91. The molecule has 1 aromatic heterocycles. The van der Waals surface area contributed by atoms with Crippen molar-refractivity contribution < 1.29 is 19.0 Å². The largest absolute Gasteiger partial charge is 0.496 e. The number of rotatable bonds is 8. The van der Waals surface area contributed by atoms with Crippen LogP contribution in [0.5, 0.6) is 11.5 Å². The van der Waals surface area contributed by atoms with E-state index in [1.807, 2.05) is 78.9 Å². The Kier molecular flexibility index (Phi) is 9.31. The number of fused-ring (bicyclic) bond motifs is 2. The van der Waals surface area contributed by atoms with Crippen molar-refractivity contribution in [1.82, 2.24) is 4.57 Å². The number of hydrogen-bond donors (Lipinski definition) is 0. The molecule has 0 fully saturated rings. The van der Waals surface area contributed by atoms with Crippen molar-refractivity contribution in [2.75, 3.05) is 7.11 Å². The van der Waals surface area contributed by atoms with Crippen LogP contribution in [0.25, 0.3) is 16.8 Å². The number of allylic oxidation sites excluding steroid dienone is 1. The second-order valence-electron chi connectivity index (χ2n) is 11.0. The molecule has 1 aliphatic rings. The van der Waals surface area contributed by atoms with Gasteiger partial charge in [0.1, 0.15) is 24.1 Å². The first-order chi connectivity index (χ1) is 22.1. The highest BCUT2D eigenvalue weighted by molar-refractivity contribution is 9.10. The number of halogens is 2. The Morgan fingerprint density at radius 3 is 2.46 bits per heavy atom. The molecule has 0 aliphatic carbocycles. The molecule has 5 aromatic rings. The molecule has 0 radical (unpaired) electrons. The van der Waals surface area contributed by atoms with Gasteiger partial charge in [0.2, 0.25) is 0 Å². The van der Waals surface area contributed by atoms with Crippen LogP contribution >= 0.6 is 43.2 Å². The third-order valence-corrected chi connectivity index (χ3v) is 9.59. The number of aromatic nitrogens is 1. The fraction of sp³-hybridized carbons (Fsp3) is 0.194. The summed E-state index contributed by atoms with van der Waals surface area (Å²) >= 11 is 8.31. The van der Waals surface area contributed by atoms with Crippen molar-refractivity contribution in [3.63, 3.8) is 0 Å². The Morgan fingerprint density at radius 1 is 1.00 bits per heavy atom. The van der Waals surface area contributed by atoms with Gasteiger partial charge in [-0.2, -0.15) is 0 Å². The maximum Gasteiger partial charge on any atom is 0.338 e. The molecule has 0 saturated heterocycles. The fourth-order valence-electron chi connectivity index (χ4n) is 5.50. The molecule has 0 saturated carbocycles. The lowest BCUT2D eigenvalue weighted by Crippen LogP contribution is -2.40. The van der Waals surface area contributed by atoms with Gasteiger partial charge in [-0.1, -0.05) is 85.7 Å². The predicted molar refractivity (Wildman–Crippen MR) is 188 cm³/mol. The van der Waals surface area contributed by atoms with E-state index in [0.717, 1.165) is 30.8 Å². The van der Waals surface area contributed by atoms with Gasteiger partial charge >= 0.3 is 5.97 Å². The molecular weight excluding hydrogens is 732 g/mol. The zero-order valence-electron chi connectivity index (χ0n) is 25.5. The summed E-state index contributed by atoms with van der Waals surface area (Å²) in [7, 11) is 1.56. The van der Waals surface area contributed by atoms with Crippen molar-refractivity contribution in [2.24, 2.45) is 4.99 Å². The fourth-order valence-corrected chi connectivity index (χ4v) is 7.17. The summed E-state index contributed by atoms with van der Waals surface area (Å²) in [6.45, 7) is 5.71. The minimum atomic E-state index is -0.822. The van der Waals surface area contributed by atoms with Crippen LogP contribution in [0.15, 0.2) is 109 Å². The van der Waals surface area contributed by atoms with Gasteiger partial charge in [0.15, 0.2) is 4.80 Å². The minimum absolute atomic E-state index is 0.285. The maximum absolute atomic E-state index is 14.5. The highest BCUT2D eigenvalue weighted by Crippen LogP contribution is 2.37. The van der Waals surface area contributed by atoms with Gasteiger partial charge < -0.3 is 14.2 Å². The van der Waals surface area contributed by atoms with Crippen LogP contribution in [0, 0.1) is 0 Å². The second kappa shape index (κ2) is 13.4. The van der Waals surface area contributed by atoms with Gasteiger partial charge in [-0.25, -0.2) is 9.79 Å². The summed E-state index contributed by atoms with van der Waals surface area (Å²) in [6, 6.07) is 24.6. The maximum atomic E-state index is 14.5. The Morgan fingerprint density at radius 2 is 1.72 bits per heavy atom. The van der Waals surface area contributed by atoms with E-state index < -0.39 is 12.0 Å². The number of methoxy groups -OCH3 is 1. The average molecular weight is 763 g/mol. The summed E-state index contributed by atoms with van der Waals surface area (Å²) in [6.07, 6.45) is 1.51. The minimum Gasteiger partial charge on any atom is -0.496 e. The lowest BCUT2D eigenvalue weighted by Gasteiger charge is -2.26. The molecule has 10 heteroatoms. The lowest BCUT2D eigenvalue weighted by molar-refractivity contribution is -0.143. The van der Waals surface area contributed by atoms with Crippen molar-refractivity contribution in [2.45, 2.75) is 39.5 Å². The smallest absolute Gasteiger partial charge is 0.338 e. The van der Waals surface area contributed by atoms with E-state index in [9.17, 15) is 9.59 Å². The Bertz CT molecular complexity index is 2190. The van der Waals surface area contributed by atoms with Crippen molar-refractivity contribution in [3.05, 3.63) is 135 Å². The van der Waals surface area contributed by atoms with Crippen molar-refractivity contribution in [1.29, 1.82) is 0 Å². The van der Waals surface area contributed by atoms with E-state index in [2.05, 4.69) is 31.9 Å². The molecule has 0 unspecified atom stereocenters. The normalized spacial score (nSPS) is 14.8. The Balaban J connectivity index is 1.55. The first kappa shape index (κ1) is 32.0. The highest BCUT2D eigenvalue weighted by Gasteiger charge is 2.35. The van der Waals surface area contributed by atoms with Gasteiger partial charge in [-0.3, -0.25) is 9.36 Å². The van der Waals surface area contributed by atoms with Crippen LogP contribution in [-0.2, 0) is 16.1 Å². The van der Waals surface area contributed by atoms with Crippen molar-refractivity contribution >= 4 is 66.0 Å². The van der Waals surface area contributed by atoms with E-state index in [0.29, 0.717) is 38.7 Å². The molecule has 0 amide bonds. The summed E-state index contributed by atoms with van der Waals surface area (Å²) < 4.78 is 21.5. The van der Waals surface area contributed by atoms with E-state index in [4.69, 9.17) is 19.2 Å². The predicted octanol–water partition coefficient (Wildman–Crippen LogP) is 7.45. The van der Waals surface area contributed by atoms with Gasteiger partial charge in [0.05, 0.1) is 29.0 Å². The van der Waals surface area contributed by atoms with Gasteiger partial charge in [0, 0.05) is 20.1 Å². The molecule has 0 spiro atoms. The molecule has 234 valence electrons. The number of carbonyl (C=O) groups is 1. The van der Waals surface area contributed by atoms with Crippen LogP contribution in [-0.4, -0.2) is 23.8 Å². The monoisotopic (exact) mass is 760 g/mol. The molecule has 2 heterocycles. The molecule has 0 N–H and O–H groups in total. The Hall–Kier alpha value is -3.99. The number of ether oxygens (including phenoxy) is 3. The standard InChI is InChI=1S/C36H30Br2N2O5S/c1-20(2)45-35(42)32-21(3)39-36-40(33(32)28-17-25(38)14-16-29(28)43-4)34(41)31(46-36)18-27-26-8-6-5-7-23(26)11-15-30(27)44-19-22-9-12-24(37)13-10-22/h5-18,20,33H,19H2,1-4H3/b31-18-/t33-/m0/s1. The quantitative estimate of drug-likeness (QED) is 0.154. The van der Waals surface area contributed by atoms with Crippen LogP contribution < -0.4 is 24.4 Å². The number of nitrogens with zero attached hydrogens (tertiary/aromatic N) is 2. The molecular formula is C36H30Br2N2O5S. The first-order valence-electron chi connectivity index (χ1n) is 14.6. The van der Waals surface area contributed by atoms with E-state index >= 15 is 0 Å². The topological polar surface area (TPSA) is 79.1 Å². The number of carbonyl (C=O) groups excluding carboxylic acids is 1. The van der Waals surface area contributed by atoms with E-state index in [-0.39, 0.29) is 17.2 Å². The zero-order chi connectivity index (χ0) is 32.5. The first-order valence-corrected chi connectivity index (χ1v) is 17.0. The number of thiazole rings is 1. The molecule has 1 aliphatic heterocycles. The molecule has 0 bridgehead atoms. The van der Waals surface area contributed by atoms with Gasteiger partial charge in [-0.05, 0) is 79.6 Å². The van der Waals surface area contributed by atoms with Crippen LogP contribution in [0.1, 0.15) is 43.5 Å². The second-order valence-corrected chi connectivity index (χ2v) is 13.9. The number of hydrogen-bond acceptors (Lipinski definition) is 7. The summed E-state index contributed by atoms with van der Waals surface area (Å²) in [5.74, 6) is 0.648. The molecule has 1 atom stereocenters. The molecule has 6 rings (SSSR count). The van der Waals surface area contributed by atoms with Crippen LogP contribution in [0.3, 0.4) is 0 Å². The third kappa shape index (κ3) is 6.34. The van der Waals surface area contributed by atoms with E-state index in [1.54, 1.807) is 38.5 Å². The highest BCUT2D eigenvalue weighted by atomic mass is 79.9. The van der Waals surface area contributed by atoms with E-state index in [1.165, 1.54) is 11.3 Å². The molecule has 46 heavy (non-hydrogen) atoms. The average Bonchev–Trinajstić information content (AvgIpc) is 3.34. The molecule has 7 nitrogen and oxygen atoms in total. The summed E-state index contributed by atoms with van der Waals surface area (Å²) in [5, 5.41) is 1.97. The number of esters is 1. The Labute approximate surface area is 286 Å². The van der Waals surface area contributed by atoms with Crippen LogP contribution in [0.2, 0.25) is 0 Å². The van der Waals surface area contributed by atoms with Crippen molar-refractivity contribution in [3.8, 4) is 11.5 Å². The van der Waals surface area contributed by atoms with Gasteiger partial charge in [-0.15, -0.1) is 0 Å². The van der Waals surface area contributed by atoms with Gasteiger partial charge in [0.25, 0.3) is 5.56 Å². The third-order valence-electron chi connectivity index (χ3n) is 7.58. The summed E-state index contributed by atoms with van der Waals surface area (Å²) in [4.78, 5) is 33.2. The lowest BCUT2D eigenvalue weighted by atomic mass is 9.95. The zero-order valence-corrected chi connectivity index (χ0v) is 29.5. The molecule has 4 aromatic carbocycles.